The smallest absolute Gasteiger partial charge is 0.225 e. The Labute approximate surface area is 112 Å². The summed E-state index contributed by atoms with van der Waals surface area (Å²) in [5, 5.41) is 11.5. The maximum absolute atomic E-state index is 12.0. The van der Waals surface area contributed by atoms with Crippen molar-refractivity contribution < 1.29 is 4.79 Å². The highest BCUT2D eigenvalue weighted by Gasteiger charge is 2.40. The largest absolute Gasteiger partial charge is 0.311 e. The highest BCUT2D eigenvalue weighted by molar-refractivity contribution is 5.89. The SMILES string of the molecule is N#Cc1ccc(NC(=O)CC2CC3CCC2C3)nc1. The Morgan fingerprint density at radius 1 is 1.42 bits per heavy atom. The maximum Gasteiger partial charge on any atom is 0.225 e. The van der Waals surface area contributed by atoms with Crippen LogP contribution in [0.25, 0.3) is 0 Å². The number of nitrogens with zero attached hydrogens (tertiary/aromatic N) is 2. The number of nitriles is 1. The van der Waals surface area contributed by atoms with Gasteiger partial charge in [-0.1, -0.05) is 6.42 Å². The lowest BCUT2D eigenvalue weighted by atomic mass is 9.86. The van der Waals surface area contributed by atoms with Crippen molar-refractivity contribution in [3.05, 3.63) is 23.9 Å². The molecule has 1 N–H and O–H groups in total. The van der Waals surface area contributed by atoms with Crippen molar-refractivity contribution in [1.82, 2.24) is 4.98 Å². The summed E-state index contributed by atoms with van der Waals surface area (Å²) in [7, 11) is 0. The zero-order valence-electron chi connectivity index (χ0n) is 10.8. The molecule has 1 aromatic heterocycles. The first-order valence-corrected chi connectivity index (χ1v) is 6.90. The fourth-order valence-electron chi connectivity index (χ4n) is 3.59. The van der Waals surface area contributed by atoms with E-state index in [0.29, 0.717) is 23.7 Å². The summed E-state index contributed by atoms with van der Waals surface area (Å²) in [4.78, 5) is 16.0. The van der Waals surface area contributed by atoms with Gasteiger partial charge in [0.15, 0.2) is 0 Å². The van der Waals surface area contributed by atoms with E-state index in [0.717, 1.165) is 11.8 Å². The maximum atomic E-state index is 12.0. The van der Waals surface area contributed by atoms with Gasteiger partial charge in [0.2, 0.25) is 5.91 Å². The molecule has 1 heterocycles. The van der Waals surface area contributed by atoms with Crippen LogP contribution in [0.4, 0.5) is 5.82 Å². The van der Waals surface area contributed by atoms with E-state index < -0.39 is 0 Å². The van der Waals surface area contributed by atoms with E-state index >= 15 is 0 Å². The third-order valence-electron chi connectivity index (χ3n) is 4.49. The number of carbonyl (C=O) groups is 1. The van der Waals surface area contributed by atoms with E-state index in [2.05, 4.69) is 10.3 Å². The molecule has 3 atom stereocenters. The minimum atomic E-state index is 0.0507. The third kappa shape index (κ3) is 2.60. The summed E-state index contributed by atoms with van der Waals surface area (Å²) in [5.41, 5.74) is 0.506. The first kappa shape index (κ1) is 12.2. The monoisotopic (exact) mass is 255 g/mol. The summed E-state index contributed by atoms with van der Waals surface area (Å²) >= 11 is 0. The lowest BCUT2D eigenvalue weighted by Crippen LogP contribution is -2.20. The molecule has 19 heavy (non-hydrogen) atoms. The lowest BCUT2D eigenvalue weighted by molar-refractivity contribution is -0.117. The summed E-state index contributed by atoms with van der Waals surface area (Å²) < 4.78 is 0. The number of carbonyl (C=O) groups excluding carboxylic acids is 1. The average Bonchev–Trinajstić information content (AvgIpc) is 3.02. The second-order valence-corrected chi connectivity index (χ2v) is 5.73. The van der Waals surface area contributed by atoms with Crippen molar-refractivity contribution >= 4 is 11.7 Å². The Morgan fingerprint density at radius 3 is 2.89 bits per heavy atom. The van der Waals surface area contributed by atoms with Gasteiger partial charge in [-0.3, -0.25) is 4.79 Å². The van der Waals surface area contributed by atoms with Crippen LogP contribution in [0.15, 0.2) is 18.3 Å². The number of amides is 1. The predicted octanol–water partition coefficient (Wildman–Crippen LogP) is 2.72. The Bertz CT molecular complexity index is 517. The van der Waals surface area contributed by atoms with Crippen molar-refractivity contribution in [3.63, 3.8) is 0 Å². The van der Waals surface area contributed by atoms with E-state index in [4.69, 9.17) is 5.26 Å². The van der Waals surface area contributed by atoms with Crippen LogP contribution in [0.5, 0.6) is 0 Å². The highest BCUT2D eigenvalue weighted by Crippen LogP contribution is 2.49. The molecule has 98 valence electrons. The number of fused-ring (bicyclic) bond motifs is 2. The number of aromatic nitrogens is 1. The fourth-order valence-corrected chi connectivity index (χ4v) is 3.59. The average molecular weight is 255 g/mol. The second kappa shape index (κ2) is 5.00. The van der Waals surface area contributed by atoms with Crippen molar-refractivity contribution in [2.24, 2.45) is 17.8 Å². The molecule has 1 amide bonds. The molecule has 3 unspecified atom stereocenters. The van der Waals surface area contributed by atoms with Crippen molar-refractivity contribution in [2.75, 3.05) is 5.32 Å². The van der Waals surface area contributed by atoms with E-state index in [1.54, 1.807) is 12.1 Å². The molecule has 0 spiro atoms. The standard InChI is InChI=1S/C15H17N3O/c16-8-11-2-4-14(17-9-11)18-15(19)7-13-6-10-1-3-12(13)5-10/h2,4,9-10,12-13H,1,3,5-7H2,(H,17,18,19). The van der Waals surface area contributed by atoms with Gasteiger partial charge in [0.05, 0.1) is 5.56 Å². The van der Waals surface area contributed by atoms with Gasteiger partial charge < -0.3 is 5.32 Å². The van der Waals surface area contributed by atoms with Crippen LogP contribution in [-0.4, -0.2) is 10.9 Å². The van der Waals surface area contributed by atoms with Crippen LogP contribution >= 0.6 is 0 Å². The van der Waals surface area contributed by atoms with Gasteiger partial charge in [-0.2, -0.15) is 5.26 Å². The highest BCUT2D eigenvalue weighted by atomic mass is 16.1. The van der Waals surface area contributed by atoms with Crippen LogP contribution in [0.1, 0.15) is 37.7 Å². The van der Waals surface area contributed by atoms with Crippen molar-refractivity contribution in [3.8, 4) is 6.07 Å². The number of nitrogens with one attached hydrogen (secondary N) is 1. The van der Waals surface area contributed by atoms with Gasteiger partial charge in [0, 0.05) is 12.6 Å². The lowest BCUT2D eigenvalue weighted by Gasteiger charge is -2.20. The van der Waals surface area contributed by atoms with Crippen LogP contribution in [0, 0.1) is 29.1 Å². The van der Waals surface area contributed by atoms with E-state index in [1.165, 1.54) is 31.9 Å². The molecule has 3 rings (SSSR count). The molecule has 2 saturated carbocycles. The number of pyridine rings is 1. The topological polar surface area (TPSA) is 65.8 Å². The Morgan fingerprint density at radius 2 is 2.32 bits per heavy atom. The molecular weight excluding hydrogens is 238 g/mol. The summed E-state index contributed by atoms with van der Waals surface area (Å²) in [6, 6.07) is 5.35. The molecule has 1 aromatic rings. The van der Waals surface area contributed by atoms with Crippen LogP contribution in [-0.2, 0) is 4.79 Å². The molecule has 4 heteroatoms. The molecule has 2 bridgehead atoms. The first-order chi connectivity index (χ1) is 9.24. The Hall–Kier alpha value is -1.89. The van der Waals surface area contributed by atoms with Crippen molar-refractivity contribution in [1.29, 1.82) is 5.26 Å². The second-order valence-electron chi connectivity index (χ2n) is 5.73. The molecule has 0 aromatic carbocycles. The predicted molar refractivity (Wildman–Crippen MR) is 71.1 cm³/mol. The van der Waals surface area contributed by atoms with Gasteiger partial charge in [0.25, 0.3) is 0 Å². The molecule has 0 radical (unpaired) electrons. The molecule has 0 aliphatic heterocycles. The van der Waals surface area contributed by atoms with Gasteiger partial charge >= 0.3 is 0 Å². The normalized spacial score (nSPS) is 28.1. The van der Waals surface area contributed by atoms with Gasteiger partial charge in [-0.05, 0) is 49.1 Å². The number of hydrogen-bond donors (Lipinski definition) is 1. The number of hydrogen-bond acceptors (Lipinski definition) is 3. The van der Waals surface area contributed by atoms with E-state index in [9.17, 15) is 4.79 Å². The molecule has 2 aliphatic carbocycles. The molecule has 2 fully saturated rings. The number of rotatable bonds is 3. The van der Waals surface area contributed by atoms with Gasteiger partial charge in [-0.25, -0.2) is 4.98 Å². The van der Waals surface area contributed by atoms with E-state index in [1.807, 2.05) is 6.07 Å². The minimum Gasteiger partial charge on any atom is -0.311 e. The van der Waals surface area contributed by atoms with Crippen LogP contribution in [0.3, 0.4) is 0 Å². The summed E-state index contributed by atoms with van der Waals surface area (Å²) in [5.74, 6) is 2.79. The van der Waals surface area contributed by atoms with E-state index in [-0.39, 0.29) is 5.91 Å². The minimum absolute atomic E-state index is 0.0507. The zero-order valence-corrected chi connectivity index (χ0v) is 10.8. The molecular formula is C15H17N3O. The summed E-state index contributed by atoms with van der Waals surface area (Å²) in [6.45, 7) is 0. The fraction of sp³-hybridized carbons (Fsp3) is 0.533. The zero-order chi connectivity index (χ0) is 13.2. The van der Waals surface area contributed by atoms with Gasteiger partial charge in [0.1, 0.15) is 11.9 Å². The first-order valence-electron chi connectivity index (χ1n) is 6.90. The van der Waals surface area contributed by atoms with Crippen LogP contribution < -0.4 is 5.32 Å². The third-order valence-corrected chi connectivity index (χ3v) is 4.49. The summed E-state index contributed by atoms with van der Waals surface area (Å²) in [6.07, 6.45) is 7.31. The quantitative estimate of drug-likeness (QED) is 0.903. The molecule has 4 nitrogen and oxygen atoms in total. The van der Waals surface area contributed by atoms with Crippen molar-refractivity contribution in [2.45, 2.75) is 32.1 Å². The molecule has 0 saturated heterocycles. The Kier molecular flexibility index (Phi) is 3.20. The molecule has 2 aliphatic rings. The number of anilines is 1. The van der Waals surface area contributed by atoms with Crippen LogP contribution in [0.2, 0.25) is 0 Å². The Balaban J connectivity index is 1.55. The van der Waals surface area contributed by atoms with Gasteiger partial charge in [-0.15, -0.1) is 0 Å².